The van der Waals surface area contributed by atoms with Gasteiger partial charge in [-0.2, -0.15) is 0 Å². The smallest absolute Gasteiger partial charge is 0.0211 e. The van der Waals surface area contributed by atoms with Gasteiger partial charge in [-0.05, 0) is 31.2 Å². The first-order valence-corrected chi connectivity index (χ1v) is 5.47. The summed E-state index contributed by atoms with van der Waals surface area (Å²) in [6.45, 7) is 4.53. The van der Waals surface area contributed by atoms with Crippen LogP contribution in [0.5, 0.6) is 0 Å². The van der Waals surface area contributed by atoms with Crippen molar-refractivity contribution in [2.24, 2.45) is 11.8 Å². The Morgan fingerprint density at radius 1 is 1.31 bits per heavy atom. The molecular weight excluding hydrogens is 158 g/mol. The molecule has 0 atom stereocenters. The lowest BCUT2D eigenvalue weighted by atomic mass is 9.83. The molecule has 0 heterocycles. The highest BCUT2D eigenvalue weighted by Gasteiger charge is 2.17. The van der Waals surface area contributed by atoms with E-state index in [-0.39, 0.29) is 0 Å². The molecule has 1 rings (SSSR count). The lowest BCUT2D eigenvalue weighted by Gasteiger charge is -2.26. The highest BCUT2D eigenvalue weighted by molar-refractivity contribution is 4.84. The maximum atomic E-state index is 5.18. The summed E-state index contributed by atoms with van der Waals surface area (Å²) in [7, 11) is 0. The summed E-state index contributed by atoms with van der Waals surface area (Å²) >= 11 is 0. The second kappa shape index (κ2) is 6.05. The molecule has 1 N–H and O–H groups in total. The molecular formula is C12H21N. The average Bonchev–Trinajstić information content (AvgIpc) is 2.15. The Morgan fingerprint density at radius 3 is 2.62 bits per heavy atom. The van der Waals surface area contributed by atoms with Crippen molar-refractivity contribution in [3.8, 4) is 12.3 Å². The van der Waals surface area contributed by atoms with E-state index in [1.54, 1.807) is 0 Å². The number of hydrogen-bond donors (Lipinski definition) is 1. The highest BCUT2D eigenvalue weighted by Crippen LogP contribution is 2.27. The van der Waals surface area contributed by atoms with Crippen LogP contribution in [-0.4, -0.2) is 13.1 Å². The van der Waals surface area contributed by atoms with Gasteiger partial charge in [0.1, 0.15) is 0 Å². The van der Waals surface area contributed by atoms with Crippen molar-refractivity contribution in [3.05, 3.63) is 0 Å². The van der Waals surface area contributed by atoms with Gasteiger partial charge in [0, 0.05) is 13.0 Å². The van der Waals surface area contributed by atoms with Crippen LogP contribution in [-0.2, 0) is 0 Å². The van der Waals surface area contributed by atoms with Gasteiger partial charge in [-0.15, -0.1) is 12.3 Å². The van der Waals surface area contributed by atoms with Crippen LogP contribution in [0.25, 0.3) is 0 Å². The molecule has 0 saturated heterocycles. The van der Waals surface area contributed by atoms with E-state index in [9.17, 15) is 0 Å². The Balaban J connectivity index is 2.00. The lowest BCUT2D eigenvalue weighted by molar-refractivity contribution is 0.282. The fourth-order valence-corrected chi connectivity index (χ4v) is 2.00. The van der Waals surface area contributed by atoms with Crippen molar-refractivity contribution < 1.29 is 0 Å². The topological polar surface area (TPSA) is 12.0 Å². The normalized spacial score (nSPS) is 28.3. The van der Waals surface area contributed by atoms with Crippen LogP contribution in [0.3, 0.4) is 0 Å². The molecule has 0 aliphatic heterocycles. The zero-order chi connectivity index (χ0) is 9.52. The molecule has 0 radical (unpaired) electrons. The molecule has 0 aromatic rings. The largest absolute Gasteiger partial charge is 0.316 e. The Bertz CT molecular complexity index is 160. The van der Waals surface area contributed by atoms with Crippen LogP contribution >= 0.6 is 0 Å². The molecule has 1 aliphatic rings. The number of hydrogen-bond acceptors (Lipinski definition) is 1. The molecule has 0 aromatic heterocycles. The van der Waals surface area contributed by atoms with E-state index >= 15 is 0 Å². The second-order valence-electron chi connectivity index (χ2n) is 4.28. The van der Waals surface area contributed by atoms with Crippen molar-refractivity contribution >= 4 is 0 Å². The first-order valence-electron chi connectivity index (χ1n) is 5.47. The molecule has 74 valence electrons. The van der Waals surface area contributed by atoms with E-state index in [0.29, 0.717) is 0 Å². The first kappa shape index (κ1) is 10.6. The number of terminal acetylenes is 1. The summed E-state index contributed by atoms with van der Waals surface area (Å²) in [4.78, 5) is 0. The maximum absolute atomic E-state index is 5.18. The fraction of sp³-hybridized carbons (Fsp3) is 0.833. The molecule has 1 fully saturated rings. The Morgan fingerprint density at radius 2 is 2.00 bits per heavy atom. The zero-order valence-corrected chi connectivity index (χ0v) is 8.68. The molecule has 0 bridgehead atoms. The summed E-state index contributed by atoms with van der Waals surface area (Å²) in [6.07, 6.45) is 11.7. The summed E-state index contributed by atoms with van der Waals surface area (Å²) in [5.74, 6) is 4.52. The standard InChI is InChI=1S/C12H21N/c1-3-4-9-13-10-12-7-5-11(2)6-8-12/h1,11-13H,4-10H2,2H3. The van der Waals surface area contributed by atoms with Crippen LogP contribution < -0.4 is 5.32 Å². The van der Waals surface area contributed by atoms with Gasteiger partial charge in [0.15, 0.2) is 0 Å². The monoisotopic (exact) mass is 179 g/mol. The maximum Gasteiger partial charge on any atom is 0.0211 e. The third-order valence-electron chi connectivity index (χ3n) is 3.01. The van der Waals surface area contributed by atoms with E-state index in [2.05, 4.69) is 18.2 Å². The average molecular weight is 179 g/mol. The lowest BCUT2D eigenvalue weighted by Crippen LogP contribution is -2.26. The van der Waals surface area contributed by atoms with E-state index in [1.807, 2.05) is 0 Å². The van der Waals surface area contributed by atoms with E-state index in [1.165, 1.54) is 32.2 Å². The molecule has 0 spiro atoms. The van der Waals surface area contributed by atoms with Crippen molar-refractivity contribution in [2.75, 3.05) is 13.1 Å². The first-order chi connectivity index (χ1) is 6.33. The third kappa shape index (κ3) is 4.33. The Labute approximate surface area is 82.3 Å². The van der Waals surface area contributed by atoms with Gasteiger partial charge in [-0.25, -0.2) is 0 Å². The molecule has 0 unspecified atom stereocenters. The van der Waals surface area contributed by atoms with E-state index in [0.717, 1.165) is 24.8 Å². The second-order valence-corrected chi connectivity index (χ2v) is 4.28. The SMILES string of the molecule is C#CCCNCC1CCC(C)CC1. The van der Waals surface area contributed by atoms with E-state index < -0.39 is 0 Å². The molecule has 0 aromatic carbocycles. The predicted octanol–water partition coefficient (Wildman–Crippen LogP) is 2.43. The zero-order valence-electron chi connectivity index (χ0n) is 8.68. The highest BCUT2D eigenvalue weighted by atomic mass is 14.8. The molecule has 1 nitrogen and oxygen atoms in total. The van der Waals surface area contributed by atoms with Crippen molar-refractivity contribution in [1.82, 2.24) is 5.32 Å². The Kier molecular flexibility index (Phi) is 4.93. The molecule has 1 aliphatic carbocycles. The van der Waals surface area contributed by atoms with Gasteiger partial charge in [0.05, 0.1) is 0 Å². The fourth-order valence-electron chi connectivity index (χ4n) is 2.00. The van der Waals surface area contributed by atoms with Gasteiger partial charge in [0.25, 0.3) is 0 Å². The van der Waals surface area contributed by atoms with Gasteiger partial charge in [-0.3, -0.25) is 0 Å². The van der Waals surface area contributed by atoms with Crippen molar-refractivity contribution in [2.45, 2.75) is 39.0 Å². The van der Waals surface area contributed by atoms with Gasteiger partial charge < -0.3 is 5.32 Å². The number of nitrogens with one attached hydrogen (secondary N) is 1. The molecule has 1 saturated carbocycles. The summed E-state index contributed by atoms with van der Waals surface area (Å²) < 4.78 is 0. The molecule has 0 amide bonds. The van der Waals surface area contributed by atoms with Crippen LogP contribution in [0.2, 0.25) is 0 Å². The van der Waals surface area contributed by atoms with Crippen molar-refractivity contribution in [3.63, 3.8) is 0 Å². The molecule has 13 heavy (non-hydrogen) atoms. The minimum Gasteiger partial charge on any atom is -0.316 e. The van der Waals surface area contributed by atoms with Crippen LogP contribution in [0.4, 0.5) is 0 Å². The molecule has 1 heteroatoms. The Hall–Kier alpha value is -0.480. The quantitative estimate of drug-likeness (QED) is 0.516. The van der Waals surface area contributed by atoms with E-state index in [4.69, 9.17) is 6.42 Å². The van der Waals surface area contributed by atoms with Gasteiger partial charge >= 0.3 is 0 Å². The minimum absolute atomic E-state index is 0.864. The van der Waals surface area contributed by atoms with Crippen LogP contribution in [0.15, 0.2) is 0 Å². The number of rotatable bonds is 4. The van der Waals surface area contributed by atoms with Crippen molar-refractivity contribution in [1.29, 1.82) is 0 Å². The van der Waals surface area contributed by atoms with Gasteiger partial charge in [0.2, 0.25) is 0 Å². The van der Waals surface area contributed by atoms with Crippen LogP contribution in [0, 0.1) is 24.2 Å². The van der Waals surface area contributed by atoms with Crippen LogP contribution in [0.1, 0.15) is 39.0 Å². The summed E-state index contributed by atoms with van der Waals surface area (Å²) in [5, 5.41) is 3.43. The van der Waals surface area contributed by atoms with Gasteiger partial charge in [-0.1, -0.05) is 19.8 Å². The predicted molar refractivity (Wildman–Crippen MR) is 57.4 cm³/mol. The summed E-state index contributed by atoms with van der Waals surface area (Å²) in [6, 6.07) is 0. The minimum atomic E-state index is 0.864. The summed E-state index contributed by atoms with van der Waals surface area (Å²) in [5.41, 5.74) is 0. The third-order valence-corrected chi connectivity index (χ3v) is 3.01.